The van der Waals surface area contributed by atoms with Crippen LogP contribution in [0.2, 0.25) is 0 Å². The van der Waals surface area contributed by atoms with Crippen molar-refractivity contribution in [1.82, 2.24) is 4.90 Å². The maximum Gasteiger partial charge on any atom is 0.307 e. The van der Waals surface area contributed by atoms with Gasteiger partial charge in [0.15, 0.2) is 0 Å². The summed E-state index contributed by atoms with van der Waals surface area (Å²) in [5, 5.41) is 9.67. The number of amides is 1. The van der Waals surface area contributed by atoms with E-state index in [2.05, 4.69) is 12.1 Å². The zero-order valence-electron chi connectivity index (χ0n) is 13.3. The maximum atomic E-state index is 13.1. The van der Waals surface area contributed by atoms with Gasteiger partial charge in [0.05, 0.1) is 11.8 Å². The molecule has 4 aliphatic rings. The summed E-state index contributed by atoms with van der Waals surface area (Å²) in [4.78, 5) is 26.8. The number of carboxylic acid groups (broad SMARTS) is 1. The van der Waals surface area contributed by atoms with E-state index in [1.54, 1.807) is 0 Å². The number of hydrogen-bond acceptors (Lipinski definition) is 2. The van der Waals surface area contributed by atoms with Crippen molar-refractivity contribution in [3.8, 4) is 0 Å². The van der Waals surface area contributed by atoms with Crippen molar-refractivity contribution in [2.45, 2.75) is 38.6 Å². The van der Waals surface area contributed by atoms with E-state index in [4.69, 9.17) is 0 Å². The SMILES string of the molecule is O=C(O)C1C2CCC(CC2)C1C(=O)N1CCc2ccccc2C1. The predicted octanol–water partition coefficient (Wildman–Crippen LogP) is 2.71. The molecule has 0 saturated heterocycles. The maximum absolute atomic E-state index is 13.1. The number of benzene rings is 1. The van der Waals surface area contributed by atoms with Gasteiger partial charge in [0.2, 0.25) is 5.91 Å². The van der Waals surface area contributed by atoms with Crippen molar-refractivity contribution in [3.05, 3.63) is 35.4 Å². The average Bonchev–Trinajstić information content (AvgIpc) is 2.60. The van der Waals surface area contributed by atoms with Gasteiger partial charge in [-0.1, -0.05) is 24.3 Å². The van der Waals surface area contributed by atoms with Gasteiger partial charge in [0.25, 0.3) is 0 Å². The first kappa shape index (κ1) is 14.7. The number of carbonyl (C=O) groups excluding carboxylic acids is 1. The highest BCUT2D eigenvalue weighted by molar-refractivity contribution is 5.86. The Morgan fingerprint density at radius 1 is 0.957 bits per heavy atom. The highest BCUT2D eigenvalue weighted by atomic mass is 16.4. The Hall–Kier alpha value is -1.84. The molecule has 1 aromatic rings. The summed E-state index contributed by atoms with van der Waals surface area (Å²) in [6, 6.07) is 8.25. The van der Waals surface area contributed by atoms with Crippen LogP contribution in [0.25, 0.3) is 0 Å². The third-order valence-electron chi connectivity index (χ3n) is 6.23. The van der Waals surface area contributed by atoms with Crippen molar-refractivity contribution in [3.63, 3.8) is 0 Å². The predicted molar refractivity (Wildman–Crippen MR) is 85.6 cm³/mol. The van der Waals surface area contributed by atoms with Gasteiger partial charge >= 0.3 is 5.97 Å². The van der Waals surface area contributed by atoms with Gasteiger partial charge in [0, 0.05) is 13.1 Å². The zero-order chi connectivity index (χ0) is 16.0. The van der Waals surface area contributed by atoms with Crippen molar-refractivity contribution in [2.24, 2.45) is 23.7 Å². The number of carboxylic acids is 1. The summed E-state index contributed by atoms with van der Waals surface area (Å²) < 4.78 is 0. The fraction of sp³-hybridized carbons (Fsp3) is 0.579. The lowest BCUT2D eigenvalue weighted by atomic mass is 9.58. The lowest BCUT2D eigenvalue weighted by Gasteiger charge is -2.47. The minimum atomic E-state index is -0.768. The molecule has 3 fully saturated rings. The molecule has 2 unspecified atom stereocenters. The summed E-state index contributed by atoms with van der Waals surface area (Å²) >= 11 is 0. The van der Waals surface area contributed by atoms with Gasteiger partial charge in [-0.3, -0.25) is 9.59 Å². The molecule has 1 aromatic carbocycles. The van der Waals surface area contributed by atoms with E-state index in [9.17, 15) is 14.7 Å². The first-order valence-electron chi connectivity index (χ1n) is 8.73. The molecule has 0 radical (unpaired) electrons. The fourth-order valence-electron chi connectivity index (χ4n) is 5.05. The highest BCUT2D eigenvalue weighted by Crippen LogP contribution is 2.49. The molecule has 2 bridgehead atoms. The van der Waals surface area contributed by atoms with Crippen LogP contribution in [0.4, 0.5) is 0 Å². The van der Waals surface area contributed by atoms with E-state index >= 15 is 0 Å². The molecule has 3 saturated carbocycles. The molecule has 0 aromatic heterocycles. The molecule has 4 heteroatoms. The molecule has 4 nitrogen and oxygen atoms in total. The van der Waals surface area contributed by atoms with Crippen LogP contribution in [-0.4, -0.2) is 28.4 Å². The molecule has 1 N–H and O–H groups in total. The van der Waals surface area contributed by atoms with Gasteiger partial charge in [-0.25, -0.2) is 0 Å². The van der Waals surface area contributed by atoms with Crippen molar-refractivity contribution >= 4 is 11.9 Å². The van der Waals surface area contributed by atoms with Gasteiger partial charge in [-0.05, 0) is 55.1 Å². The van der Waals surface area contributed by atoms with E-state index in [-0.39, 0.29) is 23.7 Å². The molecular formula is C19H23NO3. The van der Waals surface area contributed by atoms with E-state index in [0.29, 0.717) is 6.54 Å². The number of rotatable bonds is 2. The Kier molecular flexibility index (Phi) is 3.63. The third kappa shape index (κ3) is 2.44. The van der Waals surface area contributed by atoms with Crippen LogP contribution in [-0.2, 0) is 22.6 Å². The van der Waals surface area contributed by atoms with Crippen molar-refractivity contribution in [1.29, 1.82) is 0 Å². The monoisotopic (exact) mass is 313 g/mol. The molecule has 3 aliphatic carbocycles. The molecule has 1 amide bonds. The summed E-state index contributed by atoms with van der Waals surface area (Å²) in [5.74, 6) is -0.983. The van der Waals surface area contributed by atoms with Crippen LogP contribution < -0.4 is 0 Å². The Morgan fingerprint density at radius 2 is 1.57 bits per heavy atom. The second-order valence-electron chi connectivity index (χ2n) is 7.34. The van der Waals surface area contributed by atoms with Crippen LogP contribution >= 0.6 is 0 Å². The normalized spacial score (nSPS) is 32.4. The molecule has 2 atom stereocenters. The summed E-state index contributed by atoms with van der Waals surface area (Å²) in [6.07, 6.45) is 4.88. The lowest BCUT2D eigenvalue weighted by Crippen LogP contribution is -2.52. The second-order valence-corrected chi connectivity index (χ2v) is 7.34. The largest absolute Gasteiger partial charge is 0.481 e. The molecular weight excluding hydrogens is 290 g/mol. The molecule has 1 heterocycles. The standard InChI is InChI=1S/C19H23NO3/c21-18(20-10-9-12-3-1-2-4-15(12)11-20)16-13-5-7-14(8-6-13)17(16)19(22)23/h1-4,13-14,16-17H,5-11H2,(H,22,23). The Bertz CT molecular complexity index is 633. The van der Waals surface area contributed by atoms with Crippen LogP contribution in [0, 0.1) is 23.7 Å². The topological polar surface area (TPSA) is 57.6 Å². The van der Waals surface area contributed by atoms with Crippen LogP contribution in [0.1, 0.15) is 36.8 Å². The van der Waals surface area contributed by atoms with E-state index < -0.39 is 11.9 Å². The van der Waals surface area contributed by atoms with E-state index in [0.717, 1.165) is 38.6 Å². The quantitative estimate of drug-likeness (QED) is 0.913. The van der Waals surface area contributed by atoms with Crippen LogP contribution in [0.15, 0.2) is 24.3 Å². The number of hydrogen-bond donors (Lipinski definition) is 1. The van der Waals surface area contributed by atoms with Crippen molar-refractivity contribution in [2.75, 3.05) is 6.54 Å². The van der Waals surface area contributed by atoms with Gasteiger partial charge in [-0.15, -0.1) is 0 Å². The Balaban J connectivity index is 1.58. The zero-order valence-corrected chi connectivity index (χ0v) is 13.3. The minimum absolute atomic E-state index is 0.0845. The van der Waals surface area contributed by atoms with Crippen LogP contribution in [0.3, 0.4) is 0 Å². The van der Waals surface area contributed by atoms with Crippen LogP contribution in [0.5, 0.6) is 0 Å². The summed E-state index contributed by atoms with van der Waals surface area (Å²) in [6.45, 7) is 1.35. The molecule has 5 rings (SSSR count). The molecule has 23 heavy (non-hydrogen) atoms. The van der Waals surface area contributed by atoms with Gasteiger partial charge < -0.3 is 10.0 Å². The van der Waals surface area contributed by atoms with Gasteiger partial charge in [-0.2, -0.15) is 0 Å². The Labute approximate surface area is 136 Å². The fourth-order valence-corrected chi connectivity index (χ4v) is 5.05. The first-order chi connectivity index (χ1) is 11.1. The lowest BCUT2D eigenvalue weighted by molar-refractivity contribution is -0.162. The minimum Gasteiger partial charge on any atom is -0.481 e. The summed E-state index contributed by atoms with van der Waals surface area (Å²) in [7, 11) is 0. The second kappa shape index (κ2) is 5.66. The van der Waals surface area contributed by atoms with E-state index in [1.165, 1.54) is 11.1 Å². The number of carbonyl (C=O) groups is 2. The molecule has 1 aliphatic heterocycles. The van der Waals surface area contributed by atoms with E-state index in [1.807, 2.05) is 17.0 Å². The summed E-state index contributed by atoms with van der Waals surface area (Å²) in [5.41, 5.74) is 2.52. The number of fused-ring (bicyclic) bond motifs is 4. The highest BCUT2D eigenvalue weighted by Gasteiger charge is 2.51. The first-order valence-corrected chi connectivity index (χ1v) is 8.73. The Morgan fingerprint density at radius 3 is 2.22 bits per heavy atom. The number of nitrogens with zero attached hydrogens (tertiary/aromatic N) is 1. The average molecular weight is 313 g/mol. The number of aliphatic carboxylic acids is 1. The molecule has 0 spiro atoms. The van der Waals surface area contributed by atoms with Crippen molar-refractivity contribution < 1.29 is 14.7 Å². The third-order valence-corrected chi connectivity index (χ3v) is 6.23. The van der Waals surface area contributed by atoms with Gasteiger partial charge in [0.1, 0.15) is 0 Å². The molecule has 122 valence electrons. The smallest absolute Gasteiger partial charge is 0.307 e.